The van der Waals surface area contributed by atoms with Crippen LogP contribution < -0.4 is 5.32 Å². The minimum atomic E-state index is -0.470. The van der Waals surface area contributed by atoms with Crippen LogP contribution in [0.2, 0.25) is 5.02 Å². The first-order chi connectivity index (χ1) is 12.4. The fraction of sp³-hybridized carbons (Fsp3) is 0.556. The van der Waals surface area contributed by atoms with Crippen molar-refractivity contribution in [2.45, 2.75) is 32.4 Å². The maximum Gasteiger partial charge on any atom is 0.410 e. The van der Waals surface area contributed by atoms with E-state index >= 15 is 0 Å². The predicted molar refractivity (Wildman–Crippen MR) is 97.5 cm³/mol. The van der Waals surface area contributed by atoms with Crippen LogP contribution in [0.1, 0.15) is 25.3 Å². The maximum atomic E-state index is 13.4. The van der Waals surface area contributed by atoms with Crippen molar-refractivity contribution < 1.29 is 18.7 Å². The van der Waals surface area contributed by atoms with Crippen LogP contribution in [0.15, 0.2) is 18.2 Å². The molecule has 1 aliphatic rings. The Kier molecular flexibility index (Phi) is 7.66. The predicted octanol–water partition coefficient (Wildman–Crippen LogP) is 2.65. The van der Waals surface area contributed by atoms with Crippen LogP contribution in [0.3, 0.4) is 0 Å². The SMILES string of the molecule is CCN(C(=O)OCC(=O)NC)C1CCN(Cc2cc(F)ccc2Cl)CC1. The van der Waals surface area contributed by atoms with E-state index in [0.29, 0.717) is 18.1 Å². The number of rotatable bonds is 6. The summed E-state index contributed by atoms with van der Waals surface area (Å²) in [5.74, 6) is -0.633. The summed E-state index contributed by atoms with van der Waals surface area (Å²) < 4.78 is 18.4. The molecule has 144 valence electrons. The molecule has 2 rings (SSSR count). The lowest BCUT2D eigenvalue weighted by molar-refractivity contribution is -0.123. The molecule has 1 aliphatic heterocycles. The van der Waals surface area contributed by atoms with Gasteiger partial charge < -0.3 is 15.0 Å². The van der Waals surface area contributed by atoms with Gasteiger partial charge in [0.15, 0.2) is 6.61 Å². The number of amides is 2. The van der Waals surface area contributed by atoms with Gasteiger partial charge in [0.1, 0.15) is 5.82 Å². The largest absolute Gasteiger partial charge is 0.439 e. The number of nitrogens with zero attached hydrogens (tertiary/aromatic N) is 2. The number of nitrogens with one attached hydrogen (secondary N) is 1. The highest BCUT2D eigenvalue weighted by molar-refractivity contribution is 6.31. The molecule has 1 heterocycles. The average Bonchev–Trinajstić information content (AvgIpc) is 2.64. The highest BCUT2D eigenvalue weighted by atomic mass is 35.5. The Morgan fingerprint density at radius 3 is 2.69 bits per heavy atom. The zero-order valence-corrected chi connectivity index (χ0v) is 15.9. The Labute approximate surface area is 158 Å². The maximum absolute atomic E-state index is 13.4. The second kappa shape index (κ2) is 9.73. The minimum Gasteiger partial charge on any atom is -0.439 e. The van der Waals surface area contributed by atoms with Gasteiger partial charge in [-0.25, -0.2) is 9.18 Å². The van der Waals surface area contributed by atoms with Gasteiger partial charge in [-0.3, -0.25) is 9.69 Å². The monoisotopic (exact) mass is 385 g/mol. The van der Waals surface area contributed by atoms with Crippen LogP contribution in [-0.4, -0.2) is 61.1 Å². The number of ether oxygens (including phenoxy) is 1. The summed E-state index contributed by atoms with van der Waals surface area (Å²) in [5.41, 5.74) is 0.766. The normalized spacial score (nSPS) is 15.5. The van der Waals surface area contributed by atoms with Gasteiger partial charge in [-0.05, 0) is 43.5 Å². The van der Waals surface area contributed by atoms with Crippen LogP contribution >= 0.6 is 11.6 Å². The van der Waals surface area contributed by atoms with E-state index in [-0.39, 0.29) is 24.4 Å². The molecule has 1 saturated heterocycles. The van der Waals surface area contributed by atoms with E-state index in [4.69, 9.17) is 16.3 Å². The number of likely N-dealkylation sites (N-methyl/N-ethyl adjacent to an activating group) is 1. The summed E-state index contributed by atoms with van der Waals surface area (Å²) in [6.45, 7) is 4.26. The lowest BCUT2D eigenvalue weighted by atomic mass is 10.0. The van der Waals surface area contributed by atoms with Crippen molar-refractivity contribution in [1.82, 2.24) is 15.1 Å². The quantitative estimate of drug-likeness (QED) is 0.817. The molecule has 2 amide bonds. The third kappa shape index (κ3) is 5.57. The van der Waals surface area contributed by atoms with Gasteiger partial charge in [-0.1, -0.05) is 11.6 Å². The number of carbonyl (C=O) groups is 2. The van der Waals surface area contributed by atoms with Crippen molar-refractivity contribution in [3.05, 3.63) is 34.6 Å². The van der Waals surface area contributed by atoms with Crippen molar-refractivity contribution in [2.24, 2.45) is 0 Å². The summed E-state index contributed by atoms with van der Waals surface area (Å²) in [6.07, 6.45) is 1.11. The van der Waals surface area contributed by atoms with Gasteiger partial charge in [-0.2, -0.15) is 0 Å². The molecule has 1 aromatic carbocycles. The number of halogens is 2. The first kappa shape index (κ1) is 20.5. The van der Waals surface area contributed by atoms with E-state index in [1.807, 2.05) is 6.92 Å². The Bertz CT molecular complexity index is 636. The Balaban J connectivity index is 1.86. The van der Waals surface area contributed by atoms with Crippen molar-refractivity contribution in [3.8, 4) is 0 Å². The molecule has 0 atom stereocenters. The lowest BCUT2D eigenvalue weighted by Gasteiger charge is -2.37. The molecule has 8 heteroatoms. The van der Waals surface area contributed by atoms with Crippen molar-refractivity contribution in [3.63, 3.8) is 0 Å². The van der Waals surface area contributed by atoms with Crippen LogP contribution in [0.5, 0.6) is 0 Å². The third-order valence-electron chi connectivity index (χ3n) is 4.58. The smallest absolute Gasteiger partial charge is 0.410 e. The number of benzene rings is 1. The fourth-order valence-corrected chi connectivity index (χ4v) is 3.29. The molecule has 0 bridgehead atoms. The van der Waals surface area contributed by atoms with E-state index < -0.39 is 6.09 Å². The summed E-state index contributed by atoms with van der Waals surface area (Å²) in [7, 11) is 1.49. The second-order valence-corrected chi connectivity index (χ2v) is 6.66. The average molecular weight is 386 g/mol. The Morgan fingerprint density at radius 2 is 2.08 bits per heavy atom. The zero-order chi connectivity index (χ0) is 19.1. The molecule has 26 heavy (non-hydrogen) atoms. The number of hydrogen-bond donors (Lipinski definition) is 1. The number of likely N-dealkylation sites (tertiary alicyclic amines) is 1. The van der Waals surface area contributed by atoms with Crippen LogP contribution in [0.4, 0.5) is 9.18 Å². The molecule has 1 aromatic rings. The number of hydrogen-bond acceptors (Lipinski definition) is 4. The van der Waals surface area contributed by atoms with Gasteiger partial charge in [0.05, 0.1) is 0 Å². The molecular formula is C18H25ClFN3O3. The summed E-state index contributed by atoms with van der Waals surface area (Å²) in [6, 6.07) is 4.45. The van der Waals surface area contributed by atoms with Crippen molar-refractivity contribution in [2.75, 3.05) is 33.3 Å². The second-order valence-electron chi connectivity index (χ2n) is 6.26. The first-order valence-electron chi connectivity index (χ1n) is 8.74. The first-order valence-corrected chi connectivity index (χ1v) is 9.12. The molecular weight excluding hydrogens is 361 g/mol. The molecule has 0 spiro atoms. The van der Waals surface area contributed by atoms with E-state index in [1.165, 1.54) is 19.2 Å². The van der Waals surface area contributed by atoms with E-state index in [2.05, 4.69) is 10.2 Å². The highest BCUT2D eigenvalue weighted by Crippen LogP contribution is 2.23. The topological polar surface area (TPSA) is 61.9 Å². The van der Waals surface area contributed by atoms with E-state index in [1.54, 1.807) is 11.0 Å². The number of carbonyl (C=O) groups excluding carboxylic acids is 2. The van der Waals surface area contributed by atoms with E-state index in [0.717, 1.165) is 31.5 Å². The third-order valence-corrected chi connectivity index (χ3v) is 4.95. The standard InChI is InChI=1S/C18H25ClFN3O3/c1-3-23(18(25)26-12-17(24)21-2)15-6-8-22(9-7-15)11-13-10-14(20)4-5-16(13)19/h4-5,10,15H,3,6-9,11-12H2,1-2H3,(H,21,24). The lowest BCUT2D eigenvalue weighted by Crippen LogP contribution is -2.47. The summed E-state index contributed by atoms with van der Waals surface area (Å²) in [4.78, 5) is 27.3. The molecule has 0 aromatic heterocycles. The van der Waals surface area contributed by atoms with Gasteiger partial charge in [-0.15, -0.1) is 0 Å². The summed E-state index contributed by atoms with van der Waals surface area (Å²) in [5, 5.41) is 2.97. The Hall–Kier alpha value is -1.86. The molecule has 0 aliphatic carbocycles. The molecule has 0 radical (unpaired) electrons. The summed E-state index contributed by atoms with van der Waals surface area (Å²) >= 11 is 6.14. The van der Waals surface area contributed by atoms with Crippen molar-refractivity contribution >= 4 is 23.6 Å². The Morgan fingerprint density at radius 1 is 1.38 bits per heavy atom. The molecule has 0 saturated carbocycles. The molecule has 1 fully saturated rings. The van der Waals surface area contributed by atoms with Crippen LogP contribution in [0, 0.1) is 5.82 Å². The van der Waals surface area contributed by atoms with Crippen molar-refractivity contribution in [1.29, 1.82) is 0 Å². The van der Waals surface area contributed by atoms with Gasteiger partial charge in [0.2, 0.25) is 0 Å². The van der Waals surface area contributed by atoms with Crippen LogP contribution in [-0.2, 0) is 16.1 Å². The number of piperidine rings is 1. The molecule has 0 unspecified atom stereocenters. The van der Waals surface area contributed by atoms with Crippen LogP contribution in [0.25, 0.3) is 0 Å². The molecule has 1 N–H and O–H groups in total. The van der Waals surface area contributed by atoms with E-state index in [9.17, 15) is 14.0 Å². The van der Waals surface area contributed by atoms with Gasteiger partial charge >= 0.3 is 6.09 Å². The van der Waals surface area contributed by atoms with Gasteiger partial charge in [0, 0.05) is 44.3 Å². The zero-order valence-electron chi connectivity index (χ0n) is 15.1. The minimum absolute atomic E-state index is 0.0661. The fourth-order valence-electron chi connectivity index (χ4n) is 3.11. The molecule has 6 nitrogen and oxygen atoms in total. The van der Waals surface area contributed by atoms with Gasteiger partial charge in [0.25, 0.3) is 5.91 Å². The highest BCUT2D eigenvalue weighted by Gasteiger charge is 2.28.